The second kappa shape index (κ2) is 6.84. The van der Waals surface area contributed by atoms with Crippen LogP contribution in [0.5, 0.6) is 11.6 Å². The lowest BCUT2D eigenvalue weighted by molar-refractivity contribution is -0.117. The average molecular weight is 344 g/mol. The van der Waals surface area contributed by atoms with Gasteiger partial charge in [-0.15, -0.1) is 5.10 Å². The summed E-state index contributed by atoms with van der Waals surface area (Å²) in [6, 6.07) is 5.20. The number of amides is 2. The Morgan fingerprint density at radius 1 is 1.28 bits per heavy atom. The van der Waals surface area contributed by atoms with Gasteiger partial charge in [0.1, 0.15) is 11.3 Å². The van der Waals surface area contributed by atoms with E-state index >= 15 is 0 Å². The zero-order valence-electron chi connectivity index (χ0n) is 14.4. The summed E-state index contributed by atoms with van der Waals surface area (Å²) in [5, 5.41) is 6.88. The number of ether oxygens (including phenoxy) is 2. The largest absolute Gasteiger partial charge is 0.495 e. The zero-order valence-corrected chi connectivity index (χ0v) is 14.4. The Morgan fingerprint density at radius 3 is 2.72 bits per heavy atom. The molecule has 1 fully saturated rings. The summed E-state index contributed by atoms with van der Waals surface area (Å²) < 4.78 is 12.0. The molecule has 1 saturated heterocycles. The Kier molecular flexibility index (Phi) is 4.60. The van der Waals surface area contributed by atoms with E-state index in [2.05, 4.69) is 10.4 Å². The van der Waals surface area contributed by atoms with Gasteiger partial charge in [-0.1, -0.05) is 0 Å². The van der Waals surface area contributed by atoms with Gasteiger partial charge >= 0.3 is 0 Å². The summed E-state index contributed by atoms with van der Waals surface area (Å²) in [6.45, 7) is 0.642. The van der Waals surface area contributed by atoms with E-state index in [0.29, 0.717) is 35.7 Å². The number of benzene rings is 1. The Balaban J connectivity index is 1.87. The molecule has 0 spiro atoms. The molecule has 1 aliphatic heterocycles. The maximum atomic E-state index is 12.5. The summed E-state index contributed by atoms with van der Waals surface area (Å²) in [5.74, 6) is 0.556. The van der Waals surface area contributed by atoms with Crippen LogP contribution in [0, 0.1) is 0 Å². The number of hydrogen-bond acceptors (Lipinski definition) is 5. The smallest absolute Gasteiger partial charge is 0.262 e. The first-order chi connectivity index (χ1) is 12.0. The highest BCUT2D eigenvalue weighted by atomic mass is 16.5. The van der Waals surface area contributed by atoms with Crippen LogP contribution >= 0.6 is 0 Å². The second-order valence-corrected chi connectivity index (χ2v) is 5.72. The first-order valence-electron chi connectivity index (χ1n) is 7.91. The van der Waals surface area contributed by atoms with E-state index in [4.69, 9.17) is 9.47 Å². The molecule has 1 aliphatic rings. The standard InChI is InChI=1S/C17H20N4O4/c1-20-10-12(17(19-20)25-3)16(23)18-11-6-7-14(24-2)13(9-11)21-8-4-5-15(21)22/h6-7,9-10H,4-5,8H2,1-3H3,(H,18,23). The summed E-state index contributed by atoms with van der Waals surface area (Å²) >= 11 is 0. The van der Waals surface area contributed by atoms with E-state index in [1.807, 2.05) is 0 Å². The highest BCUT2D eigenvalue weighted by Crippen LogP contribution is 2.34. The molecule has 2 amide bonds. The van der Waals surface area contributed by atoms with Crippen LogP contribution in [-0.4, -0.2) is 42.4 Å². The van der Waals surface area contributed by atoms with Gasteiger partial charge in [0.15, 0.2) is 0 Å². The van der Waals surface area contributed by atoms with Crippen molar-refractivity contribution in [3.63, 3.8) is 0 Å². The third kappa shape index (κ3) is 3.28. The van der Waals surface area contributed by atoms with Crippen LogP contribution in [0.1, 0.15) is 23.2 Å². The number of carbonyl (C=O) groups is 2. The van der Waals surface area contributed by atoms with E-state index in [1.54, 1.807) is 43.5 Å². The number of carbonyl (C=O) groups excluding carboxylic acids is 2. The van der Waals surface area contributed by atoms with Crippen molar-refractivity contribution in [2.75, 3.05) is 31.0 Å². The van der Waals surface area contributed by atoms with Crippen molar-refractivity contribution in [1.29, 1.82) is 0 Å². The lowest BCUT2D eigenvalue weighted by Crippen LogP contribution is -2.24. The first kappa shape index (κ1) is 16.8. The molecule has 1 aromatic carbocycles. The Morgan fingerprint density at radius 2 is 2.08 bits per heavy atom. The fourth-order valence-electron chi connectivity index (χ4n) is 2.85. The highest BCUT2D eigenvalue weighted by molar-refractivity contribution is 6.06. The second-order valence-electron chi connectivity index (χ2n) is 5.72. The van der Waals surface area contributed by atoms with Crippen molar-refractivity contribution in [2.24, 2.45) is 7.05 Å². The van der Waals surface area contributed by atoms with Crippen molar-refractivity contribution in [2.45, 2.75) is 12.8 Å². The first-order valence-corrected chi connectivity index (χ1v) is 7.91. The van der Waals surface area contributed by atoms with Crippen LogP contribution in [0.25, 0.3) is 0 Å². The van der Waals surface area contributed by atoms with Gasteiger partial charge in [0.05, 0.1) is 19.9 Å². The predicted molar refractivity (Wildman–Crippen MR) is 92.3 cm³/mol. The number of nitrogens with zero attached hydrogens (tertiary/aromatic N) is 3. The minimum absolute atomic E-state index is 0.0516. The number of rotatable bonds is 5. The Labute approximate surface area is 145 Å². The van der Waals surface area contributed by atoms with Gasteiger partial charge in [0.25, 0.3) is 5.91 Å². The topological polar surface area (TPSA) is 85.7 Å². The molecule has 132 valence electrons. The molecular formula is C17H20N4O4. The SMILES string of the molecule is COc1ccc(NC(=O)c2cn(C)nc2OC)cc1N1CCCC1=O. The zero-order chi connectivity index (χ0) is 18.0. The molecule has 2 aromatic rings. The number of aromatic nitrogens is 2. The molecule has 3 rings (SSSR count). The minimum Gasteiger partial charge on any atom is -0.495 e. The molecule has 8 nitrogen and oxygen atoms in total. The van der Waals surface area contributed by atoms with E-state index < -0.39 is 0 Å². The molecule has 1 N–H and O–H groups in total. The molecule has 0 radical (unpaired) electrons. The van der Waals surface area contributed by atoms with Crippen molar-refractivity contribution in [3.8, 4) is 11.6 Å². The van der Waals surface area contributed by atoms with Gasteiger partial charge in [0, 0.05) is 31.9 Å². The number of anilines is 2. The molecule has 0 atom stereocenters. The molecule has 2 heterocycles. The fourth-order valence-corrected chi connectivity index (χ4v) is 2.85. The van der Waals surface area contributed by atoms with Crippen LogP contribution in [-0.2, 0) is 11.8 Å². The van der Waals surface area contributed by atoms with Crippen LogP contribution in [0.3, 0.4) is 0 Å². The average Bonchev–Trinajstić information content (AvgIpc) is 3.20. The van der Waals surface area contributed by atoms with Crippen LogP contribution in [0.4, 0.5) is 11.4 Å². The van der Waals surface area contributed by atoms with Crippen molar-refractivity contribution >= 4 is 23.2 Å². The molecule has 8 heteroatoms. The van der Waals surface area contributed by atoms with Crippen molar-refractivity contribution in [3.05, 3.63) is 30.0 Å². The van der Waals surface area contributed by atoms with E-state index in [1.165, 1.54) is 11.8 Å². The summed E-state index contributed by atoms with van der Waals surface area (Å²) in [6.07, 6.45) is 2.92. The predicted octanol–water partition coefficient (Wildman–Crippen LogP) is 1.82. The van der Waals surface area contributed by atoms with E-state index in [0.717, 1.165) is 6.42 Å². The molecular weight excluding hydrogens is 324 g/mol. The van der Waals surface area contributed by atoms with E-state index in [-0.39, 0.29) is 17.7 Å². The fraction of sp³-hybridized carbons (Fsp3) is 0.353. The maximum absolute atomic E-state index is 12.5. The van der Waals surface area contributed by atoms with Crippen molar-refractivity contribution < 1.29 is 19.1 Å². The number of hydrogen-bond donors (Lipinski definition) is 1. The molecule has 1 aromatic heterocycles. The molecule has 25 heavy (non-hydrogen) atoms. The summed E-state index contributed by atoms with van der Waals surface area (Å²) in [4.78, 5) is 26.2. The molecule has 0 bridgehead atoms. The Bertz CT molecular complexity index is 815. The number of methoxy groups -OCH3 is 2. The van der Waals surface area contributed by atoms with Crippen LogP contribution in [0.15, 0.2) is 24.4 Å². The number of aryl methyl sites for hydroxylation is 1. The molecule has 0 saturated carbocycles. The van der Waals surface area contributed by atoms with Gasteiger partial charge in [-0.3, -0.25) is 14.3 Å². The lowest BCUT2D eigenvalue weighted by atomic mass is 10.2. The lowest BCUT2D eigenvalue weighted by Gasteiger charge is -2.20. The van der Waals surface area contributed by atoms with Gasteiger partial charge in [-0.25, -0.2) is 0 Å². The summed E-state index contributed by atoms with van der Waals surface area (Å²) in [7, 11) is 4.73. The minimum atomic E-state index is -0.339. The third-order valence-corrected chi connectivity index (χ3v) is 4.03. The Hall–Kier alpha value is -3.03. The van der Waals surface area contributed by atoms with Gasteiger partial charge in [-0.05, 0) is 24.6 Å². The summed E-state index contributed by atoms with van der Waals surface area (Å²) in [5.41, 5.74) is 1.55. The van der Waals surface area contributed by atoms with Crippen LogP contribution < -0.4 is 19.7 Å². The monoisotopic (exact) mass is 344 g/mol. The molecule has 0 aliphatic carbocycles. The van der Waals surface area contributed by atoms with Gasteiger partial charge in [-0.2, -0.15) is 0 Å². The van der Waals surface area contributed by atoms with Crippen molar-refractivity contribution in [1.82, 2.24) is 9.78 Å². The molecule has 0 unspecified atom stereocenters. The van der Waals surface area contributed by atoms with Gasteiger partial charge < -0.3 is 19.7 Å². The number of nitrogens with one attached hydrogen (secondary N) is 1. The quantitative estimate of drug-likeness (QED) is 0.894. The van der Waals surface area contributed by atoms with E-state index in [9.17, 15) is 9.59 Å². The highest BCUT2D eigenvalue weighted by Gasteiger charge is 2.25. The maximum Gasteiger partial charge on any atom is 0.262 e. The third-order valence-electron chi connectivity index (χ3n) is 4.03. The van der Waals surface area contributed by atoms with Crippen LogP contribution in [0.2, 0.25) is 0 Å². The normalized spacial score (nSPS) is 13.9. The van der Waals surface area contributed by atoms with Gasteiger partial charge in [0.2, 0.25) is 11.8 Å².